The van der Waals surface area contributed by atoms with Gasteiger partial charge in [-0.25, -0.2) is 0 Å². The molecule has 0 aromatic rings. The summed E-state index contributed by atoms with van der Waals surface area (Å²) in [5, 5.41) is 0. The number of halogens is 1. The van der Waals surface area contributed by atoms with E-state index in [9.17, 15) is 4.79 Å². The molecule has 2 aliphatic carbocycles. The molecule has 0 unspecified atom stereocenters. The Hall–Kier alpha value is -0.0800. The lowest BCUT2D eigenvalue weighted by molar-refractivity contribution is -0.127. The van der Waals surface area contributed by atoms with Gasteiger partial charge in [0.05, 0.1) is 0 Å². The van der Waals surface area contributed by atoms with Crippen LogP contribution in [-0.4, -0.2) is 11.8 Å². The third-order valence-electron chi connectivity index (χ3n) is 6.42. The molecule has 2 nitrogen and oxygen atoms in total. The highest BCUT2D eigenvalue weighted by molar-refractivity contribution is 5.85. The molecule has 0 radical (unpaired) electrons. The standard InChI is InChI=1S/C20H37NO.ClH/c1-14(2)17-10-9-15(3)13-18(17)20(22)12-11-19(21)16-7-5-4-6-8-16;/h14-19H,4-13,21H2,1-3H3;1H/t15-,17+,18-,19-;/m1./s1. The van der Waals surface area contributed by atoms with Crippen LogP contribution in [0.1, 0.15) is 85.0 Å². The Morgan fingerprint density at radius 2 is 1.74 bits per heavy atom. The lowest BCUT2D eigenvalue weighted by atomic mass is 9.68. The van der Waals surface area contributed by atoms with Crippen LogP contribution in [0.3, 0.4) is 0 Å². The maximum absolute atomic E-state index is 12.8. The Morgan fingerprint density at radius 3 is 2.35 bits per heavy atom. The molecular formula is C20H38ClNO. The smallest absolute Gasteiger partial charge is 0.136 e. The third-order valence-corrected chi connectivity index (χ3v) is 6.42. The van der Waals surface area contributed by atoms with Gasteiger partial charge >= 0.3 is 0 Å². The average Bonchev–Trinajstić information content (AvgIpc) is 2.52. The number of nitrogens with two attached hydrogens (primary N) is 1. The van der Waals surface area contributed by atoms with Gasteiger partial charge in [0.2, 0.25) is 0 Å². The molecule has 2 N–H and O–H groups in total. The fraction of sp³-hybridized carbons (Fsp3) is 0.950. The van der Waals surface area contributed by atoms with Crippen molar-refractivity contribution in [2.45, 2.75) is 91.0 Å². The van der Waals surface area contributed by atoms with E-state index in [1.807, 2.05) is 0 Å². The molecule has 0 spiro atoms. The normalized spacial score (nSPS) is 30.7. The van der Waals surface area contributed by atoms with Crippen LogP contribution in [0.25, 0.3) is 0 Å². The van der Waals surface area contributed by atoms with Crippen molar-refractivity contribution >= 4 is 18.2 Å². The first kappa shape index (κ1) is 21.0. The number of carbonyl (C=O) groups excluding carboxylic acids is 1. The molecular weight excluding hydrogens is 306 g/mol. The second-order valence-electron chi connectivity index (χ2n) is 8.50. The van der Waals surface area contributed by atoms with Crippen LogP contribution < -0.4 is 5.73 Å². The van der Waals surface area contributed by atoms with Crippen molar-refractivity contribution in [1.29, 1.82) is 0 Å². The molecule has 4 atom stereocenters. The van der Waals surface area contributed by atoms with Crippen LogP contribution >= 0.6 is 12.4 Å². The van der Waals surface area contributed by atoms with Crippen LogP contribution in [0, 0.1) is 29.6 Å². The van der Waals surface area contributed by atoms with Crippen molar-refractivity contribution in [1.82, 2.24) is 0 Å². The summed E-state index contributed by atoms with van der Waals surface area (Å²) >= 11 is 0. The monoisotopic (exact) mass is 343 g/mol. The Balaban J connectivity index is 0.00000264. The summed E-state index contributed by atoms with van der Waals surface area (Å²) in [5.74, 6) is 3.45. The van der Waals surface area contributed by atoms with E-state index >= 15 is 0 Å². The molecule has 0 heterocycles. The highest BCUT2D eigenvalue weighted by Crippen LogP contribution is 2.39. The third kappa shape index (κ3) is 6.05. The van der Waals surface area contributed by atoms with Gasteiger partial charge in [-0.15, -0.1) is 12.4 Å². The zero-order valence-corrected chi connectivity index (χ0v) is 16.2. The van der Waals surface area contributed by atoms with Crippen LogP contribution in [0.15, 0.2) is 0 Å². The Labute approximate surface area is 149 Å². The SMILES string of the molecule is CC(C)[C@@H]1CC[C@@H](C)C[C@H]1C(=O)CC[C@@H](N)C1CCCCC1.Cl. The van der Waals surface area contributed by atoms with Crippen LogP contribution in [0.2, 0.25) is 0 Å². The van der Waals surface area contributed by atoms with E-state index in [1.54, 1.807) is 0 Å². The van der Waals surface area contributed by atoms with Gasteiger partial charge in [-0.3, -0.25) is 4.79 Å². The van der Waals surface area contributed by atoms with Gasteiger partial charge in [0.25, 0.3) is 0 Å². The van der Waals surface area contributed by atoms with E-state index in [0.717, 1.165) is 25.2 Å². The number of hydrogen-bond acceptors (Lipinski definition) is 2. The van der Waals surface area contributed by atoms with Crippen LogP contribution in [-0.2, 0) is 4.79 Å². The average molecular weight is 344 g/mol. The largest absolute Gasteiger partial charge is 0.327 e. The van der Waals surface area contributed by atoms with Gasteiger partial charge in [0, 0.05) is 18.4 Å². The number of carbonyl (C=O) groups is 1. The summed E-state index contributed by atoms with van der Waals surface area (Å²) in [6.07, 6.45) is 11.9. The number of ketones is 1. The molecule has 23 heavy (non-hydrogen) atoms. The minimum atomic E-state index is 0. The molecule has 136 valence electrons. The number of Topliss-reactive ketones (excluding diaryl/α,β-unsaturated/α-hetero) is 1. The number of hydrogen-bond donors (Lipinski definition) is 1. The molecule has 0 saturated heterocycles. The quantitative estimate of drug-likeness (QED) is 0.704. The predicted octanol–water partition coefficient (Wildman–Crippen LogP) is 5.37. The lowest BCUT2D eigenvalue weighted by Gasteiger charge is -2.37. The summed E-state index contributed by atoms with van der Waals surface area (Å²) in [6.45, 7) is 6.88. The van der Waals surface area contributed by atoms with Crippen molar-refractivity contribution in [3.05, 3.63) is 0 Å². The molecule has 0 aromatic carbocycles. The molecule has 0 aromatic heterocycles. The molecule has 0 aliphatic heterocycles. The summed E-state index contributed by atoms with van der Waals surface area (Å²) in [6, 6.07) is 0.253. The zero-order chi connectivity index (χ0) is 16.1. The molecule has 2 saturated carbocycles. The molecule has 2 rings (SSSR count). The van der Waals surface area contributed by atoms with Crippen molar-refractivity contribution in [3.8, 4) is 0 Å². The molecule has 3 heteroatoms. The highest BCUT2D eigenvalue weighted by Gasteiger charge is 2.35. The minimum absolute atomic E-state index is 0. The predicted molar refractivity (Wildman–Crippen MR) is 101 cm³/mol. The second-order valence-corrected chi connectivity index (χ2v) is 8.50. The summed E-state index contributed by atoms with van der Waals surface area (Å²) in [4.78, 5) is 12.8. The molecule has 2 fully saturated rings. The fourth-order valence-corrected chi connectivity index (χ4v) is 4.86. The van der Waals surface area contributed by atoms with Gasteiger partial charge in [-0.1, -0.05) is 46.5 Å². The Bertz CT molecular complexity index is 352. The van der Waals surface area contributed by atoms with Crippen LogP contribution in [0.5, 0.6) is 0 Å². The first-order valence-electron chi connectivity index (χ1n) is 9.77. The first-order chi connectivity index (χ1) is 10.5. The number of rotatable bonds is 6. The minimum Gasteiger partial charge on any atom is -0.327 e. The van der Waals surface area contributed by atoms with E-state index in [4.69, 9.17) is 5.73 Å². The van der Waals surface area contributed by atoms with E-state index in [2.05, 4.69) is 20.8 Å². The summed E-state index contributed by atoms with van der Waals surface area (Å²) in [7, 11) is 0. The van der Waals surface area contributed by atoms with Gasteiger partial charge in [0.1, 0.15) is 5.78 Å². The maximum Gasteiger partial charge on any atom is 0.136 e. The maximum atomic E-state index is 12.8. The van der Waals surface area contributed by atoms with Crippen molar-refractivity contribution in [3.63, 3.8) is 0 Å². The van der Waals surface area contributed by atoms with Gasteiger partial charge in [-0.05, 0) is 55.8 Å². The summed E-state index contributed by atoms with van der Waals surface area (Å²) in [5.41, 5.74) is 6.40. The second kappa shape index (κ2) is 10.0. The Kier molecular flexibility index (Phi) is 9.15. The van der Waals surface area contributed by atoms with Crippen molar-refractivity contribution in [2.24, 2.45) is 35.3 Å². The topological polar surface area (TPSA) is 43.1 Å². The fourth-order valence-electron chi connectivity index (χ4n) is 4.86. The van der Waals surface area contributed by atoms with Gasteiger partial charge in [0.15, 0.2) is 0 Å². The van der Waals surface area contributed by atoms with Crippen LogP contribution in [0.4, 0.5) is 0 Å². The summed E-state index contributed by atoms with van der Waals surface area (Å²) < 4.78 is 0. The van der Waals surface area contributed by atoms with E-state index in [1.165, 1.54) is 44.9 Å². The van der Waals surface area contributed by atoms with Crippen molar-refractivity contribution in [2.75, 3.05) is 0 Å². The van der Waals surface area contributed by atoms with Gasteiger partial charge < -0.3 is 5.73 Å². The highest BCUT2D eigenvalue weighted by atomic mass is 35.5. The van der Waals surface area contributed by atoms with E-state index in [-0.39, 0.29) is 18.4 Å². The molecule has 0 amide bonds. The van der Waals surface area contributed by atoms with E-state index < -0.39 is 0 Å². The molecule has 2 aliphatic rings. The zero-order valence-electron chi connectivity index (χ0n) is 15.4. The Morgan fingerprint density at radius 1 is 1.09 bits per heavy atom. The van der Waals surface area contributed by atoms with Gasteiger partial charge in [-0.2, -0.15) is 0 Å². The molecule has 0 bridgehead atoms. The first-order valence-corrected chi connectivity index (χ1v) is 9.77. The van der Waals surface area contributed by atoms with E-state index in [0.29, 0.717) is 29.5 Å². The lowest BCUT2D eigenvalue weighted by Crippen LogP contribution is -2.36. The van der Waals surface area contributed by atoms with Crippen molar-refractivity contribution < 1.29 is 4.79 Å².